The topological polar surface area (TPSA) is 33.6 Å². The van der Waals surface area contributed by atoms with Crippen LogP contribution in [-0.2, 0) is 4.74 Å². The van der Waals surface area contributed by atoms with Gasteiger partial charge in [0, 0.05) is 31.1 Å². The Balaban J connectivity index is 1.56. The van der Waals surface area contributed by atoms with Crippen LogP contribution in [0.1, 0.15) is 51.9 Å². The monoisotopic (exact) mass is 282 g/mol. The molecule has 2 heterocycles. The van der Waals surface area contributed by atoms with Gasteiger partial charge in [0.1, 0.15) is 0 Å². The average Bonchev–Trinajstić information content (AvgIpc) is 2.82. The zero-order valence-corrected chi connectivity index (χ0v) is 12.9. The zero-order chi connectivity index (χ0) is 13.2. The Morgan fingerprint density at radius 2 is 1.89 bits per heavy atom. The Labute approximate surface area is 121 Å². The van der Waals surface area contributed by atoms with Gasteiger partial charge in [0.15, 0.2) is 5.17 Å². The molecule has 4 heteroatoms. The van der Waals surface area contributed by atoms with Gasteiger partial charge in [-0.2, -0.15) is 0 Å². The first-order chi connectivity index (χ1) is 9.20. The first-order valence-corrected chi connectivity index (χ1v) is 8.72. The second-order valence-corrected chi connectivity index (χ2v) is 7.76. The lowest BCUT2D eigenvalue weighted by molar-refractivity contribution is 0.0283. The molecule has 2 saturated heterocycles. The quantitative estimate of drug-likeness (QED) is 0.844. The third-order valence-corrected chi connectivity index (χ3v) is 6.17. The van der Waals surface area contributed by atoms with Gasteiger partial charge < -0.3 is 10.1 Å². The minimum absolute atomic E-state index is 0.357. The van der Waals surface area contributed by atoms with Crippen LogP contribution in [0.15, 0.2) is 4.99 Å². The number of rotatable bonds is 2. The molecule has 0 atom stereocenters. The van der Waals surface area contributed by atoms with Gasteiger partial charge in [0.25, 0.3) is 0 Å². The summed E-state index contributed by atoms with van der Waals surface area (Å²) in [6.07, 6.45) is 9.16. The summed E-state index contributed by atoms with van der Waals surface area (Å²) in [5, 5.41) is 4.95. The SMILES string of the molecule is CC1(CN=C2NC3(CCCCC3)CS2)CCOCC1. The van der Waals surface area contributed by atoms with Gasteiger partial charge in [-0.3, -0.25) is 4.99 Å². The Kier molecular flexibility index (Phi) is 4.08. The predicted molar refractivity (Wildman–Crippen MR) is 81.9 cm³/mol. The van der Waals surface area contributed by atoms with E-state index >= 15 is 0 Å². The van der Waals surface area contributed by atoms with Gasteiger partial charge in [-0.05, 0) is 31.1 Å². The normalized spacial score (nSPS) is 31.5. The summed E-state index contributed by atoms with van der Waals surface area (Å²) in [6, 6.07) is 0. The highest BCUT2D eigenvalue weighted by Gasteiger charge is 2.38. The highest BCUT2D eigenvalue weighted by atomic mass is 32.2. The van der Waals surface area contributed by atoms with Crippen LogP contribution in [0.25, 0.3) is 0 Å². The largest absolute Gasteiger partial charge is 0.381 e. The summed E-state index contributed by atoms with van der Waals surface area (Å²) in [7, 11) is 0. The number of nitrogens with zero attached hydrogens (tertiary/aromatic N) is 1. The Morgan fingerprint density at radius 1 is 1.16 bits per heavy atom. The van der Waals surface area contributed by atoms with Gasteiger partial charge in [-0.1, -0.05) is 37.9 Å². The second kappa shape index (κ2) is 5.65. The van der Waals surface area contributed by atoms with Crippen LogP contribution in [-0.4, -0.2) is 36.2 Å². The van der Waals surface area contributed by atoms with E-state index in [0.717, 1.165) is 32.6 Å². The van der Waals surface area contributed by atoms with E-state index in [9.17, 15) is 0 Å². The molecule has 1 N–H and O–H groups in total. The van der Waals surface area contributed by atoms with Gasteiger partial charge in [-0.25, -0.2) is 0 Å². The molecule has 0 radical (unpaired) electrons. The highest BCUT2D eigenvalue weighted by molar-refractivity contribution is 8.14. The Morgan fingerprint density at radius 3 is 2.63 bits per heavy atom. The lowest BCUT2D eigenvalue weighted by Gasteiger charge is -2.33. The van der Waals surface area contributed by atoms with Gasteiger partial charge >= 0.3 is 0 Å². The lowest BCUT2D eigenvalue weighted by atomic mass is 9.82. The second-order valence-electron chi connectivity index (χ2n) is 6.80. The molecule has 3 aliphatic rings. The van der Waals surface area contributed by atoms with E-state index in [-0.39, 0.29) is 0 Å². The standard InChI is InChI=1S/C15H26N2OS/c1-14(7-9-18-10-8-14)11-16-13-17-15(12-19-13)5-3-2-4-6-15/h2-12H2,1H3,(H,16,17). The fourth-order valence-corrected chi connectivity index (χ4v) is 4.59. The number of aliphatic imine (C=N–C) groups is 1. The molecule has 3 fully saturated rings. The number of hydrogen-bond acceptors (Lipinski definition) is 3. The van der Waals surface area contributed by atoms with Crippen molar-refractivity contribution < 1.29 is 4.74 Å². The van der Waals surface area contributed by atoms with Gasteiger partial charge in [-0.15, -0.1) is 0 Å². The summed E-state index contributed by atoms with van der Waals surface area (Å²) in [5.41, 5.74) is 0.744. The van der Waals surface area contributed by atoms with E-state index in [1.807, 2.05) is 11.8 Å². The highest BCUT2D eigenvalue weighted by Crippen LogP contribution is 2.37. The number of amidine groups is 1. The lowest BCUT2D eigenvalue weighted by Crippen LogP contribution is -2.45. The summed E-state index contributed by atoms with van der Waals surface area (Å²) in [6.45, 7) is 5.13. The molecule has 19 heavy (non-hydrogen) atoms. The van der Waals surface area contributed by atoms with E-state index in [2.05, 4.69) is 12.2 Å². The molecule has 1 saturated carbocycles. The van der Waals surface area contributed by atoms with E-state index in [0.29, 0.717) is 11.0 Å². The van der Waals surface area contributed by atoms with Crippen LogP contribution in [0.2, 0.25) is 0 Å². The first-order valence-electron chi connectivity index (χ1n) is 7.73. The fraction of sp³-hybridized carbons (Fsp3) is 0.933. The average molecular weight is 282 g/mol. The maximum Gasteiger partial charge on any atom is 0.157 e. The van der Waals surface area contributed by atoms with Crippen molar-refractivity contribution in [3.63, 3.8) is 0 Å². The Hall–Kier alpha value is -0.220. The molecule has 0 aromatic heterocycles. The summed E-state index contributed by atoms with van der Waals surface area (Å²) < 4.78 is 5.46. The molecular weight excluding hydrogens is 256 g/mol. The van der Waals surface area contributed by atoms with E-state index < -0.39 is 0 Å². The molecule has 0 amide bonds. The molecule has 108 valence electrons. The van der Waals surface area contributed by atoms with E-state index in [4.69, 9.17) is 9.73 Å². The number of thioether (sulfide) groups is 1. The van der Waals surface area contributed by atoms with Crippen molar-refractivity contribution in [2.24, 2.45) is 10.4 Å². The minimum atomic E-state index is 0.357. The number of nitrogens with one attached hydrogen (secondary N) is 1. The van der Waals surface area contributed by atoms with E-state index in [1.165, 1.54) is 43.0 Å². The van der Waals surface area contributed by atoms with Gasteiger partial charge in [0.2, 0.25) is 0 Å². The molecular formula is C15H26N2OS. The predicted octanol–water partition coefficient (Wildman–Crippen LogP) is 3.20. The van der Waals surface area contributed by atoms with Crippen molar-refractivity contribution in [1.29, 1.82) is 0 Å². The van der Waals surface area contributed by atoms with Crippen LogP contribution >= 0.6 is 11.8 Å². The zero-order valence-electron chi connectivity index (χ0n) is 12.0. The summed E-state index contributed by atoms with van der Waals surface area (Å²) >= 11 is 1.94. The maximum absolute atomic E-state index is 5.46. The molecule has 3 rings (SSSR count). The molecule has 0 aromatic carbocycles. The third-order valence-electron chi connectivity index (χ3n) is 4.97. The van der Waals surface area contributed by atoms with Crippen LogP contribution in [0.3, 0.4) is 0 Å². The molecule has 2 aliphatic heterocycles. The molecule has 0 bridgehead atoms. The van der Waals surface area contributed by atoms with Crippen molar-refractivity contribution in [3.05, 3.63) is 0 Å². The Bertz CT molecular complexity index is 344. The fourth-order valence-electron chi connectivity index (χ4n) is 3.37. The number of ether oxygens (including phenoxy) is 1. The van der Waals surface area contributed by atoms with Crippen LogP contribution in [0.4, 0.5) is 0 Å². The molecule has 0 aromatic rings. The summed E-state index contributed by atoms with van der Waals surface area (Å²) in [4.78, 5) is 4.88. The van der Waals surface area contributed by atoms with Crippen molar-refractivity contribution in [3.8, 4) is 0 Å². The van der Waals surface area contributed by atoms with Gasteiger partial charge in [0.05, 0.1) is 0 Å². The van der Waals surface area contributed by atoms with Crippen molar-refractivity contribution in [1.82, 2.24) is 5.32 Å². The van der Waals surface area contributed by atoms with E-state index in [1.54, 1.807) is 0 Å². The van der Waals surface area contributed by atoms with Crippen LogP contribution in [0.5, 0.6) is 0 Å². The molecule has 1 aliphatic carbocycles. The third kappa shape index (κ3) is 3.27. The number of hydrogen-bond donors (Lipinski definition) is 1. The smallest absolute Gasteiger partial charge is 0.157 e. The van der Waals surface area contributed by atoms with Crippen LogP contribution < -0.4 is 5.32 Å². The molecule has 3 nitrogen and oxygen atoms in total. The van der Waals surface area contributed by atoms with Crippen LogP contribution in [0, 0.1) is 5.41 Å². The van der Waals surface area contributed by atoms with Crippen molar-refractivity contribution in [2.45, 2.75) is 57.4 Å². The minimum Gasteiger partial charge on any atom is -0.381 e. The maximum atomic E-state index is 5.46. The first kappa shape index (κ1) is 13.7. The summed E-state index contributed by atoms with van der Waals surface area (Å²) in [5.74, 6) is 1.23. The van der Waals surface area contributed by atoms with Crippen molar-refractivity contribution >= 4 is 16.9 Å². The molecule has 1 spiro atoms. The molecule has 0 unspecified atom stereocenters. The van der Waals surface area contributed by atoms with Crippen molar-refractivity contribution in [2.75, 3.05) is 25.5 Å².